The molecule has 1 spiro atoms. The molecule has 2 N–H and O–H groups in total. The highest BCUT2D eigenvalue weighted by molar-refractivity contribution is 5.67. The van der Waals surface area contributed by atoms with Gasteiger partial charge in [-0.15, -0.1) is 0 Å². The third-order valence-electron chi connectivity index (χ3n) is 8.05. The Balaban J connectivity index is 1.82. The summed E-state index contributed by atoms with van der Waals surface area (Å²) in [5, 5.41) is 13.3. The molecule has 3 saturated carbocycles. The highest BCUT2D eigenvalue weighted by Gasteiger charge is 2.68. The second-order valence-corrected chi connectivity index (χ2v) is 11.3. The predicted molar refractivity (Wildman–Crippen MR) is 123 cm³/mol. The van der Waals surface area contributed by atoms with Gasteiger partial charge in [-0.25, -0.2) is 4.79 Å². The summed E-state index contributed by atoms with van der Waals surface area (Å²) in [6.45, 7) is 9.04. The zero-order chi connectivity index (χ0) is 24.2. The first-order valence-electron chi connectivity index (χ1n) is 12.4. The van der Waals surface area contributed by atoms with E-state index >= 15 is 0 Å². The molecule has 0 unspecified atom stereocenters. The Bertz CT molecular complexity index is 639. The standard InChI is InChI=1S/C25H45NO7/c1-16-9-18-11-20(31-14-29-5)22-19(7-8-26-23(28)33-24(2,3)4)17(13-27)12-25(18,22)21(10-16)32-15-30-6/h16-22,27H,7-15H2,1-6H3,(H,26,28)/t16-,17-,18+,19+,20+,21-,22+,25-/m1/s1. The molecule has 8 atom stereocenters. The maximum atomic E-state index is 12.2. The topological polar surface area (TPSA) is 95.5 Å². The highest BCUT2D eigenvalue weighted by Crippen LogP contribution is 2.68. The number of ether oxygens (including phenoxy) is 5. The third kappa shape index (κ3) is 5.84. The van der Waals surface area contributed by atoms with Gasteiger partial charge in [0, 0.05) is 32.8 Å². The van der Waals surface area contributed by atoms with Crippen molar-refractivity contribution in [3.05, 3.63) is 0 Å². The molecule has 0 saturated heterocycles. The summed E-state index contributed by atoms with van der Waals surface area (Å²) < 4.78 is 28.5. The molecule has 1 amide bonds. The van der Waals surface area contributed by atoms with Gasteiger partial charge >= 0.3 is 6.09 Å². The van der Waals surface area contributed by atoms with E-state index in [1.165, 1.54) is 0 Å². The summed E-state index contributed by atoms with van der Waals surface area (Å²) in [6, 6.07) is 0. The van der Waals surface area contributed by atoms with Crippen molar-refractivity contribution in [1.29, 1.82) is 0 Å². The molecule has 8 nitrogen and oxygen atoms in total. The monoisotopic (exact) mass is 471 g/mol. The van der Waals surface area contributed by atoms with Crippen LogP contribution in [0.1, 0.15) is 59.8 Å². The minimum absolute atomic E-state index is 0.0482. The van der Waals surface area contributed by atoms with Crippen LogP contribution in [0.25, 0.3) is 0 Å². The number of rotatable bonds is 10. The van der Waals surface area contributed by atoms with E-state index in [1.807, 2.05) is 20.8 Å². The Morgan fingerprint density at radius 3 is 2.42 bits per heavy atom. The lowest BCUT2D eigenvalue weighted by Gasteiger charge is -2.49. The van der Waals surface area contributed by atoms with Crippen molar-refractivity contribution in [2.24, 2.45) is 35.0 Å². The van der Waals surface area contributed by atoms with E-state index in [-0.39, 0.29) is 55.6 Å². The number of alkyl carbamates (subject to hydrolysis) is 1. The number of hydrogen-bond donors (Lipinski definition) is 2. The molecule has 192 valence electrons. The van der Waals surface area contributed by atoms with Crippen molar-refractivity contribution in [2.75, 3.05) is 41.0 Å². The zero-order valence-electron chi connectivity index (χ0n) is 21.3. The van der Waals surface area contributed by atoms with Crippen LogP contribution in [0.4, 0.5) is 4.79 Å². The fourth-order valence-electron chi connectivity index (χ4n) is 7.20. The Labute approximate surface area is 199 Å². The summed E-state index contributed by atoms with van der Waals surface area (Å²) in [4.78, 5) is 12.2. The SMILES string of the molecule is COCO[C@H]1C[C@@H]2C[C@@H](C)C[C@@H](OCOC)[C@@]23C[C@H](CO)[C@H](CCNC(=O)OC(C)(C)C)[C@@H]13. The highest BCUT2D eigenvalue weighted by atomic mass is 16.7. The van der Waals surface area contributed by atoms with Crippen molar-refractivity contribution in [3.8, 4) is 0 Å². The lowest BCUT2D eigenvalue weighted by molar-refractivity contribution is -0.169. The first-order chi connectivity index (χ1) is 15.7. The predicted octanol–water partition coefficient (Wildman–Crippen LogP) is 3.56. The molecule has 3 aliphatic carbocycles. The van der Waals surface area contributed by atoms with Crippen LogP contribution in [0.15, 0.2) is 0 Å². The molecule has 8 heteroatoms. The summed E-state index contributed by atoms with van der Waals surface area (Å²) in [6.07, 6.45) is 4.54. The Morgan fingerprint density at radius 1 is 1.09 bits per heavy atom. The maximum Gasteiger partial charge on any atom is 0.407 e. The first kappa shape index (κ1) is 26.7. The number of methoxy groups -OCH3 is 2. The molecule has 3 aliphatic rings. The molecule has 0 bridgehead atoms. The number of carbonyl (C=O) groups excluding carboxylic acids is 1. The molecular formula is C25H45NO7. The van der Waals surface area contributed by atoms with Crippen molar-refractivity contribution in [3.63, 3.8) is 0 Å². The molecule has 0 heterocycles. The molecule has 0 radical (unpaired) electrons. The van der Waals surface area contributed by atoms with Crippen LogP contribution in [-0.2, 0) is 23.7 Å². The molecule has 3 rings (SSSR count). The first-order valence-corrected chi connectivity index (χ1v) is 12.4. The van der Waals surface area contributed by atoms with E-state index in [0.717, 1.165) is 32.1 Å². The van der Waals surface area contributed by atoms with Gasteiger partial charge in [0.1, 0.15) is 19.2 Å². The number of nitrogens with one attached hydrogen (secondary N) is 1. The second-order valence-electron chi connectivity index (χ2n) is 11.3. The summed E-state index contributed by atoms with van der Waals surface area (Å²) in [5.41, 5.74) is -0.578. The summed E-state index contributed by atoms with van der Waals surface area (Å²) in [7, 11) is 3.31. The number of aliphatic hydroxyl groups is 1. The smallest absolute Gasteiger partial charge is 0.407 e. The van der Waals surface area contributed by atoms with Crippen molar-refractivity contribution < 1.29 is 33.6 Å². The van der Waals surface area contributed by atoms with Crippen molar-refractivity contribution in [1.82, 2.24) is 5.32 Å². The van der Waals surface area contributed by atoms with E-state index < -0.39 is 11.7 Å². The second kappa shape index (κ2) is 11.2. The average molecular weight is 472 g/mol. The van der Waals surface area contributed by atoms with Crippen LogP contribution in [0.2, 0.25) is 0 Å². The summed E-state index contributed by atoms with van der Waals surface area (Å²) in [5.74, 6) is 1.66. The quantitative estimate of drug-likeness (QED) is 0.470. The van der Waals surface area contributed by atoms with E-state index in [2.05, 4.69) is 12.2 Å². The van der Waals surface area contributed by atoms with Crippen molar-refractivity contribution >= 4 is 6.09 Å². The van der Waals surface area contributed by atoms with Crippen molar-refractivity contribution in [2.45, 2.75) is 77.6 Å². The molecule has 3 fully saturated rings. The lowest BCUT2D eigenvalue weighted by Crippen LogP contribution is -2.49. The fourth-order valence-corrected chi connectivity index (χ4v) is 7.20. The number of hydrogen-bond acceptors (Lipinski definition) is 7. The van der Waals surface area contributed by atoms with Crippen LogP contribution < -0.4 is 5.32 Å². The molecule has 0 aliphatic heterocycles. The Kier molecular flexibility index (Phi) is 9.06. The maximum absolute atomic E-state index is 12.2. The number of amides is 1. The van der Waals surface area contributed by atoms with Gasteiger partial charge in [-0.1, -0.05) is 6.92 Å². The Morgan fingerprint density at radius 2 is 1.79 bits per heavy atom. The molecule has 0 aromatic carbocycles. The van der Waals surface area contributed by atoms with Gasteiger partial charge in [-0.2, -0.15) is 0 Å². The number of aliphatic hydroxyl groups excluding tert-OH is 1. The van der Waals surface area contributed by atoms with Crippen LogP contribution in [0, 0.1) is 35.0 Å². The number of carbonyl (C=O) groups is 1. The van der Waals surface area contributed by atoms with Gasteiger partial charge in [0.05, 0.1) is 12.2 Å². The van der Waals surface area contributed by atoms with Gasteiger partial charge in [0.15, 0.2) is 0 Å². The van der Waals surface area contributed by atoms with Crippen LogP contribution in [0.3, 0.4) is 0 Å². The lowest BCUT2D eigenvalue weighted by atomic mass is 9.60. The normalized spacial score (nSPS) is 38.1. The zero-order valence-corrected chi connectivity index (χ0v) is 21.3. The van der Waals surface area contributed by atoms with Gasteiger partial charge in [-0.3, -0.25) is 0 Å². The van der Waals surface area contributed by atoms with Gasteiger partial charge in [0.2, 0.25) is 0 Å². The van der Waals surface area contributed by atoms with E-state index in [0.29, 0.717) is 18.4 Å². The largest absolute Gasteiger partial charge is 0.444 e. The van der Waals surface area contributed by atoms with Gasteiger partial charge in [0.25, 0.3) is 0 Å². The molecule has 0 aromatic heterocycles. The van der Waals surface area contributed by atoms with Gasteiger partial charge < -0.3 is 34.1 Å². The summed E-state index contributed by atoms with van der Waals surface area (Å²) >= 11 is 0. The minimum Gasteiger partial charge on any atom is -0.444 e. The van der Waals surface area contributed by atoms with E-state index in [1.54, 1.807) is 14.2 Å². The molecule has 33 heavy (non-hydrogen) atoms. The average Bonchev–Trinajstić information content (AvgIpc) is 3.21. The van der Waals surface area contributed by atoms with Crippen LogP contribution >= 0.6 is 0 Å². The van der Waals surface area contributed by atoms with E-state index in [4.69, 9.17) is 23.7 Å². The fraction of sp³-hybridized carbons (Fsp3) is 0.960. The van der Waals surface area contributed by atoms with Gasteiger partial charge in [-0.05, 0) is 82.5 Å². The minimum atomic E-state index is -0.530. The third-order valence-corrected chi connectivity index (χ3v) is 8.05. The van der Waals surface area contributed by atoms with Crippen LogP contribution in [0.5, 0.6) is 0 Å². The van der Waals surface area contributed by atoms with Crippen LogP contribution in [-0.4, -0.2) is 70.0 Å². The Hall–Kier alpha value is -0.930. The molecular weight excluding hydrogens is 426 g/mol. The molecule has 0 aromatic rings. The van der Waals surface area contributed by atoms with E-state index in [9.17, 15) is 9.90 Å².